The van der Waals surface area contributed by atoms with Gasteiger partial charge in [0.1, 0.15) is 0 Å². The number of carboxylic acids is 1. The number of nitrogens with zero attached hydrogens (tertiary/aromatic N) is 1. The number of sulfone groups is 1. The summed E-state index contributed by atoms with van der Waals surface area (Å²) in [7, 11) is -1.83. The van der Waals surface area contributed by atoms with Crippen LogP contribution in [0.15, 0.2) is 23.1 Å². The maximum atomic E-state index is 12.4. The molecule has 6 nitrogen and oxygen atoms in total. The van der Waals surface area contributed by atoms with Gasteiger partial charge in [-0.25, -0.2) is 13.2 Å². The van der Waals surface area contributed by atoms with Crippen LogP contribution in [-0.2, 0) is 14.6 Å². The van der Waals surface area contributed by atoms with Crippen molar-refractivity contribution in [1.29, 1.82) is 0 Å². The smallest absolute Gasteiger partial charge is 0.335 e. The Morgan fingerprint density at radius 3 is 2.86 bits per heavy atom. The molecule has 1 unspecified atom stereocenters. The summed E-state index contributed by atoms with van der Waals surface area (Å²) in [4.78, 5) is 12.8. The fraction of sp³-hybridized carbons (Fsp3) is 0.462. The van der Waals surface area contributed by atoms with Gasteiger partial charge in [-0.1, -0.05) is 11.6 Å². The summed E-state index contributed by atoms with van der Waals surface area (Å²) in [6.45, 7) is 1.74. The molecular weight excluding hydrogens is 318 g/mol. The van der Waals surface area contributed by atoms with E-state index in [0.29, 0.717) is 13.2 Å². The zero-order valence-corrected chi connectivity index (χ0v) is 13.0. The Morgan fingerprint density at radius 1 is 1.52 bits per heavy atom. The fourth-order valence-electron chi connectivity index (χ4n) is 2.18. The van der Waals surface area contributed by atoms with Crippen molar-refractivity contribution >= 4 is 27.4 Å². The molecule has 0 spiro atoms. The second-order valence-corrected chi connectivity index (χ2v) is 7.40. The van der Waals surface area contributed by atoms with Gasteiger partial charge in [0.2, 0.25) is 0 Å². The van der Waals surface area contributed by atoms with Crippen LogP contribution in [0.3, 0.4) is 0 Å². The Balaban J connectivity index is 2.26. The summed E-state index contributed by atoms with van der Waals surface area (Å²) in [5.41, 5.74) is -0.111. The Bertz CT molecular complexity index is 646. The van der Waals surface area contributed by atoms with Crippen LogP contribution in [0.5, 0.6) is 0 Å². The van der Waals surface area contributed by atoms with Crippen LogP contribution in [-0.4, -0.2) is 63.0 Å². The predicted octanol–water partition coefficient (Wildman–Crippen LogP) is 1.14. The average Bonchev–Trinajstić information content (AvgIpc) is 2.38. The first-order valence-electron chi connectivity index (χ1n) is 6.35. The molecular formula is C13H16ClNO5S. The highest BCUT2D eigenvalue weighted by Gasteiger charge is 2.27. The lowest BCUT2D eigenvalue weighted by Crippen LogP contribution is -2.43. The summed E-state index contributed by atoms with van der Waals surface area (Å²) in [5.74, 6) is -1.42. The zero-order chi connectivity index (χ0) is 15.6. The second kappa shape index (κ2) is 6.31. The number of benzene rings is 1. The number of hydrogen-bond donors (Lipinski definition) is 1. The molecule has 1 saturated heterocycles. The summed E-state index contributed by atoms with van der Waals surface area (Å²) >= 11 is 5.91. The van der Waals surface area contributed by atoms with Crippen molar-refractivity contribution in [2.75, 3.05) is 32.5 Å². The van der Waals surface area contributed by atoms with Crippen LogP contribution in [0.1, 0.15) is 10.4 Å². The molecule has 0 radical (unpaired) electrons. The van der Waals surface area contributed by atoms with Gasteiger partial charge in [0.05, 0.1) is 33.9 Å². The normalized spacial score (nSPS) is 20.4. The number of ether oxygens (including phenoxy) is 1. The number of hydrogen-bond acceptors (Lipinski definition) is 5. The molecule has 2 rings (SSSR count). The van der Waals surface area contributed by atoms with Crippen LogP contribution in [0.4, 0.5) is 0 Å². The topological polar surface area (TPSA) is 83.9 Å². The Hall–Kier alpha value is -1.15. The third-order valence-corrected chi connectivity index (χ3v) is 5.52. The number of rotatable bonds is 4. The maximum absolute atomic E-state index is 12.4. The zero-order valence-electron chi connectivity index (χ0n) is 11.5. The van der Waals surface area contributed by atoms with Crippen LogP contribution in [0, 0.1) is 0 Å². The molecule has 0 saturated carbocycles. The first-order valence-corrected chi connectivity index (χ1v) is 8.38. The van der Waals surface area contributed by atoms with Gasteiger partial charge in [-0.15, -0.1) is 0 Å². The van der Waals surface area contributed by atoms with Gasteiger partial charge in [0.15, 0.2) is 9.84 Å². The Kier molecular flexibility index (Phi) is 4.88. The number of aromatic carboxylic acids is 1. The third-order valence-electron chi connectivity index (χ3n) is 3.26. The molecule has 8 heteroatoms. The SMILES string of the molecule is CN1CCOC(CS(=O)(=O)c2cc(C(=O)O)ccc2Cl)C1. The van der Waals surface area contributed by atoms with E-state index < -0.39 is 21.9 Å². The molecule has 1 fully saturated rings. The molecule has 0 bridgehead atoms. The second-order valence-electron chi connectivity index (χ2n) is 4.99. The summed E-state index contributed by atoms with van der Waals surface area (Å²) < 4.78 is 30.3. The highest BCUT2D eigenvalue weighted by atomic mass is 35.5. The van der Waals surface area contributed by atoms with E-state index in [4.69, 9.17) is 21.4 Å². The van der Waals surface area contributed by atoms with E-state index in [-0.39, 0.29) is 21.2 Å². The third kappa shape index (κ3) is 3.94. The molecule has 21 heavy (non-hydrogen) atoms. The van der Waals surface area contributed by atoms with E-state index in [1.165, 1.54) is 12.1 Å². The van der Waals surface area contributed by atoms with Gasteiger partial charge in [0, 0.05) is 13.1 Å². The fourth-order valence-corrected chi connectivity index (χ4v) is 4.19. The van der Waals surface area contributed by atoms with Crippen LogP contribution in [0.2, 0.25) is 5.02 Å². The number of carbonyl (C=O) groups is 1. The van der Waals surface area contributed by atoms with Crippen molar-refractivity contribution in [2.24, 2.45) is 0 Å². The van der Waals surface area contributed by atoms with Crippen LogP contribution in [0.25, 0.3) is 0 Å². The molecule has 116 valence electrons. The minimum Gasteiger partial charge on any atom is -0.478 e. The van der Waals surface area contributed by atoms with Crippen LogP contribution >= 0.6 is 11.6 Å². The van der Waals surface area contributed by atoms with E-state index in [1.807, 2.05) is 11.9 Å². The van der Waals surface area contributed by atoms with Gasteiger partial charge < -0.3 is 14.7 Å². The van der Waals surface area contributed by atoms with Gasteiger partial charge in [-0.2, -0.15) is 0 Å². The first-order chi connectivity index (χ1) is 9.79. The lowest BCUT2D eigenvalue weighted by atomic mass is 10.2. The van der Waals surface area contributed by atoms with Crippen LogP contribution < -0.4 is 0 Å². The van der Waals surface area contributed by atoms with E-state index in [0.717, 1.165) is 12.6 Å². The van der Waals surface area contributed by atoms with E-state index in [9.17, 15) is 13.2 Å². The van der Waals surface area contributed by atoms with Gasteiger partial charge in [-0.05, 0) is 25.2 Å². The highest BCUT2D eigenvalue weighted by Crippen LogP contribution is 2.25. The summed E-state index contributed by atoms with van der Waals surface area (Å²) in [6, 6.07) is 3.65. The van der Waals surface area contributed by atoms with Gasteiger partial charge in [-0.3, -0.25) is 0 Å². The maximum Gasteiger partial charge on any atom is 0.335 e. The minimum atomic E-state index is -3.72. The minimum absolute atomic E-state index is 0.0177. The molecule has 0 aromatic heterocycles. The predicted molar refractivity (Wildman–Crippen MR) is 77.7 cm³/mol. The molecule has 1 heterocycles. The summed E-state index contributed by atoms with van der Waals surface area (Å²) in [6.07, 6.45) is -0.446. The van der Waals surface area contributed by atoms with E-state index >= 15 is 0 Å². The molecule has 0 amide bonds. The summed E-state index contributed by atoms with van der Waals surface area (Å²) in [5, 5.41) is 8.97. The average molecular weight is 334 g/mol. The lowest BCUT2D eigenvalue weighted by Gasteiger charge is -2.29. The van der Waals surface area contributed by atoms with Crippen molar-refractivity contribution in [2.45, 2.75) is 11.0 Å². The lowest BCUT2D eigenvalue weighted by molar-refractivity contribution is -0.00680. The number of morpholine rings is 1. The molecule has 1 atom stereocenters. The molecule has 1 aliphatic rings. The first kappa shape index (κ1) is 16.2. The molecule has 1 aliphatic heterocycles. The Labute approximate surface area is 128 Å². The van der Waals surface area contributed by atoms with E-state index in [2.05, 4.69) is 0 Å². The number of likely N-dealkylation sites (N-methyl/N-ethyl adjacent to an activating group) is 1. The number of carboxylic acid groups (broad SMARTS) is 1. The van der Waals surface area contributed by atoms with Gasteiger partial charge in [0.25, 0.3) is 0 Å². The van der Waals surface area contributed by atoms with Crippen molar-refractivity contribution in [3.63, 3.8) is 0 Å². The highest BCUT2D eigenvalue weighted by molar-refractivity contribution is 7.91. The van der Waals surface area contributed by atoms with Crippen molar-refractivity contribution < 1.29 is 23.1 Å². The largest absolute Gasteiger partial charge is 0.478 e. The monoisotopic (exact) mass is 333 g/mol. The molecule has 1 aromatic carbocycles. The van der Waals surface area contributed by atoms with Crippen molar-refractivity contribution in [3.8, 4) is 0 Å². The molecule has 1 aromatic rings. The molecule has 1 N–H and O–H groups in total. The van der Waals surface area contributed by atoms with Crippen molar-refractivity contribution in [1.82, 2.24) is 4.90 Å². The quantitative estimate of drug-likeness (QED) is 0.889. The van der Waals surface area contributed by atoms with E-state index in [1.54, 1.807) is 0 Å². The Morgan fingerprint density at radius 2 is 2.24 bits per heavy atom. The number of halogens is 1. The standard InChI is InChI=1S/C13H16ClNO5S/c1-15-4-5-20-10(7-15)8-21(18,19)12-6-9(13(16)17)2-3-11(12)14/h2-3,6,10H,4-5,7-8H2,1H3,(H,16,17). The van der Waals surface area contributed by atoms with Gasteiger partial charge >= 0.3 is 5.97 Å². The van der Waals surface area contributed by atoms with Crippen molar-refractivity contribution in [3.05, 3.63) is 28.8 Å². The molecule has 0 aliphatic carbocycles.